The first-order valence-corrected chi connectivity index (χ1v) is 5.65. The first-order valence-electron chi connectivity index (χ1n) is 5.65. The lowest BCUT2D eigenvalue weighted by molar-refractivity contribution is -0.139. The molecule has 0 radical (unpaired) electrons. The summed E-state index contributed by atoms with van der Waals surface area (Å²) in [5.74, 6) is -1.95. The maximum Gasteiger partial charge on any atom is 0.317 e. The Hall–Kier alpha value is -2.68. The van der Waals surface area contributed by atoms with Gasteiger partial charge in [-0.3, -0.25) is 30.1 Å². The molecule has 0 fully saturated rings. The summed E-state index contributed by atoms with van der Waals surface area (Å²) in [5.41, 5.74) is 9.87. The molecule has 0 atom stereocenters. The van der Waals surface area contributed by atoms with E-state index in [1.807, 2.05) is 0 Å². The SMILES string of the molecule is NC(=O)CN(CC(=O)O)CC(=O)NNc1ccccn1. The van der Waals surface area contributed by atoms with Crippen molar-refractivity contribution < 1.29 is 19.5 Å². The Morgan fingerprint density at radius 1 is 1.25 bits per heavy atom. The molecule has 2 amide bonds. The largest absolute Gasteiger partial charge is 0.480 e. The number of rotatable bonds is 8. The van der Waals surface area contributed by atoms with E-state index in [2.05, 4.69) is 15.8 Å². The van der Waals surface area contributed by atoms with Gasteiger partial charge >= 0.3 is 5.97 Å². The quantitative estimate of drug-likeness (QED) is 0.421. The molecule has 20 heavy (non-hydrogen) atoms. The van der Waals surface area contributed by atoms with Crippen molar-refractivity contribution in [3.05, 3.63) is 24.4 Å². The van der Waals surface area contributed by atoms with E-state index in [1.165, 1.54) is 6.20 Å². The highest BCUT2D eigenvalue weighted by Gasteiger charge is 2.15. The summed E-state index contributed by atoms with van der Waals surface area (Å²) >= 11 is 0. The Labute approximate surface area is 114 Å². The van der Waals surface area contributed by atoms with Crippen molar-refractivity contribution in [3.63, 3.8) is 0 Å². The summed E-state index contributed by atoms with van der Waals surface area (Å²) in [6.45, 7) is -1.06. The lowest BCUT2D eigenvalue weighted by Gasteiger charge is -2.18. The Kier molecular flexibility index (Phi) is 5.91. The van der Waals surface area contributed by atoms with Crippen LogP contribution in [0.4, 0.5) is 5.82 Å². The molecule has 1 aromatic rings. The third-order valence-electron chi connectivity index (χ3n) is 2.10. The average molecular weight is 281 g/mol. The van der Waals surface area contributed by atoms with Gasteiger partial charge in [0.2, 0.25) is 5.91 Å². The lowest BCUT2D eigenvalue weighted by Crippen LogP contribution is -2.45. The molecule has 108 valence electrons. The molecular formula is C11H15N5O4. The molecule has 9 heteroatoms. The summed E-state index contributed by atoms with van der Waals surface area (Å²) in [7, 11) is 0. The van der Waals surface area contributed by atoms with Crippen LogP contribution in [-0.2, 0) is 14.4 Å². The second-order valence-electron chi connectivity index (χ2n) is 3.89. The molecule has 1 aromatic heterocycles. The zero-order chi connectivity index (χ0) is 15.0. The summed E-state index contributed by atoms with van der Waals surface area (Å²) in [6, 6.07) is 5.08. The highest BCUT2D eigenvalue weighted by atomic mass is 16.4. The second kappa shape index (κ2) is 7.69. The van der Waals surface area contributed by atoms with E-state index in [1.54, 1.807) is 18.2 Å². The number of carboxylic acid groups (broad SMARTS) is 1. The highest BCUT2D eigenvalue weighted by Crippen LogP contribution is 1.97. The molecule has 0 saturated carbocycles. The summed E-state index contributed by atoms with van der Waals surface area (Å²) in [5, 5.41) is 8.67. The topological polar surface area (TPSA) is 138 Å². The molecule has 5 N–H and O–H groups in total. The third kappa shape index (κ3) is 6.31. The van der Waals surface area contributed by atoms with Crippen molar-refractivity contribution in [1.29, 1.82) is 0 Å². The fourth-order valence-electron chi connectivity index (χ4n) is 1.39. The number of nitrogens with zero attached hydrogens (tertiary/aromatic N) is 2. The molecule has 0 bridgehead atoms. The molecule has 0 saturated heterocycles. The third-order valence-corrected chi connectivity index (χ3v) is 2.10. The first-order chi connectivity index (χ1) is 9.47. The van der Waals surface area contributed by atoms with Gasteiger partial charge in [0.05, 0.1) is 19.6 Å². The highest BCUT2D eigenvalue weighted by molar-refractivity contribution is 5.82. The number of aromatic nitrogens is 1. The minimum absolute atomic E-state index is 0.283. The van der Waals surface area contributed by atoms with E-state index in [0.717, 1.165) is 4.90 Å². The number of carbonyl (C=O) groups excluding carboxylic acids is 2. The van der Waals surface area contributed by atoms with Crippen molar-refractivity contribution in [2.45, 2.75) is 0 Å². The van der Waals surface area contributed by atoms with Crippen molar-refractivity contribution in [2.24, 2.45) is 5.73 Å². The zero-order valence-electron chi connectivity index (χ0n) is 10.6. The minimum atomic E-state index is -1.16. The number of amides is 2. The van der Waals surface area contributed by atoms with Gasteiger partial charge in [-0.15, -0.1) is 0 Å². The Bertz CT molecular complexity index is 463. The summed E-state index contributed by atoms with van der Waals surface area (Å²) in [4.78, 5) is 38.0. The normalized spacial score (nSPS) is 10.1. The number of hydrogen-bond acceptors (Lipinski definition) is 6. The Balaban J connectivity index is 2.44. The number of primary amides is 1. The van der Waals surface area contributed by atoms with Crippen LogP contribution in [0.3, 0.4) is 0 Å². The van der Waals surface area contributed by atoms with Gasteiger partial charge in [-0.1, -0.05) is 6.07 Å². The zero-order valence-corrected chi connectivity index (χ0v) is 10.6. The van der Waals surface area contributed by atoms with Gasteiger partial charge in [0, 0.05) is 6.20 Å². The summed E-state index contributed by atoms with van der Waals surface area (Å²) < 4.78 is 0. The Morgan fingerprint density at radius 3 is 2.55 bits per heavy atom. The van der Waals surface area contributed by atoms with Crippen LogP contribution >= 0.6 is 0 Å². The van der Waals surface area contributed by atoms with E-state index in [0.29, 0.717) is 5.82 Å². The molecule has 0 unspecified atom stereocenters. The monoisotopic (exact) mass is 281 g/mol. The number of aliphatic carboxylic acids is 1. The molecule has 9 nitrogen and oxygen atoms in total. The maximum atomic E-state index is 11.6. The number of carboxylic acids is 1. The van der Waals surface area contributed by atoms with Crippen molar-refractivity contribution in [2.75, 3.05) is 25.1 Å². The molecule has 0 aliphatic carbocycles. The van der Waals surface area contributed by atoms with Gasteiger partial charge in [0.15, 0.2) is 0 Å². The van der Waals surface area contributed by atoms with E-state index < -0.39 is 24.3 Å². The number of hydrogen-bond donors (Lipinski definition) is 4. The van der Waals surface area contributed by atoms with Gasteiger partial charge < -0.3 is 10.8 Å². The van der Waals surface area contributed by atoms with E-state index in [4.69, 9.17) is 10.8 Å². The number of nitrogens with one attached hydrogen (secondary N) is 2. The molecular weight excluding hydrogens is 266 g/mol. The van der Waals surface area contributed by atoms with Crippen LogP contribution in [0.15, 0.2) is 24.4 Å². The fourth-order valence-corrected chi connectivity index (χ4v) is 1.39. The van der Waals surface area contributed by atoms with E-state index >= 15 is 0 Å². The van der Waals surface area contributed by atoms with Gasteiger partial charge in [-0.05, 0) is 12.1 Å². The smallest absolute Gasteiger partial charge is 0.317 e. The first kappa shape index (κ1) is 15.4. The Morgan fingerprint density at radius 2 is 2.00 bits per heavy atom. The molecule has 0 aliphatic heterocycles. The van der Waals surface area contributed by atoms with Crippen molar-refractivity contribution in [3.8, 4) is 0 Å². The van der Waals surface area contributed by atoms with E-state index in [9.17, 15) is 14.4 Å². The van der Waals surface area contributed by atoms with Crippen LogP contribution in [0.2, 0.25) is 0 Å². The molecule has 0 aromatic carbocycles. The standard InChI is InChI=1S/C11H15N5O4/c12-8(17)5-16(7-11(19)20)6-10(18)15-14-9-3-1-2-4-13-9/h1-4H,5-7H2,(H2,12,17)(H,13,14)(H,15,18)(H,19,20). The van der Waals surface area contributed by atoms with Crippen LogP contribution in [0.5, 0.6) is 0 Å². The average Bonchev–Trinajstić information content (AvgIpc) is 2.36. The fraction of sp³-hybridized carbons (Fsp3) is 0.273. The molecule has 0 aliphatic rings. The van der Waals surface area contributed by atoms with Gasteiger partial charge in [0.25, 0.3) is 5.91 Å². The van der Waals surface area contributed by atoms with Crippen molar-refractivity contribution >= 4 is 23.6 Å². The van der Waals surface area contributed by atoms with Crippen LogP contribution in [0.25, 0.3) is 0 Å². The van der Waals surface area contributed by atoms with Crippen LogP contribution in [0.1, 0.15) is 0 Å². The van der Waals surface area contributed by atoms with Gasteiger partial charge in [-0.2, -0.15) is 0 Å². The van der Waals surface area contributed by atoms with Crippen molar-refractivity contribution in [1.82, 2.24) is 15.3 Å². The number of anilines is 1. The number of pyridine rings is 1. The predicted octanol–water partition coefficient (Wildman–Crippen LogP) is -1.60. The number of hydrazine groups is 1. The van der Waals surface area contributed by atoms with Crippen LogP contribution in [-0.4, -0.2) is 52.4 Å². The maximum absolute atomic E-state index is 11.6. The number of nitrogens with two attached hydrogens (primary N) is 1. The minimum Gasteiger partial charge on any atom is -0.480 e. The molecule has 1 rings (SSSR count). The van der Waals surface area contributed by atoms with E-state index in [-0.39, 0.29) is 13.1 Å². The second-order valence-corrected chi connectivity index (χ2v) is 3.89. The predicted molar refractivity (Wildman–Crippen MR) is 69.3 cm³/mol. The number of carbonyl (C=O) groups is 3. The summed E-state index contributed by atoms with van der Waals surface area (Å²) in [6.07, 6.45) is 1.54. The van der Waals surface area contributed by atoms with Gasteiger partial charge in [-0.25, -0.2) is 4.98 Å². The lowest BCUT2D eigenvalue weighted by atomic mass is 10.4. The van der Waals surface area contributed by atoms with Crippen LogP contribution in [0, 0.1) is 0 Å². The molecule has 0 spiro atoms. The van der Waals surface area contributed by atoms with Gasteiger partial charge in [0.1, 0.15) is 5.82 Å². The molecule has 1 heterocycles. The van der Waals surface area contributed by atoms with Crippen LogP contribution < -0.4 is 16.6 Å².